The average Bonchev–Trinajstić information content (AvgIpc) is 2.31. The molecule has 0 aliphatic carbocycles. The topological polar surface area (TPSA) is 76.5 Å². The first-order valence-corrected chi connectivity index (χ1v) is 5.14. The van der Waals surface area contributed by atoms with Gasteiger partial charge in [-0.25, -0.2) is 4.98 Å². The zero-order chi connectivity index (χ0) is 11.8. The van der Waals surface area contributed by atoms with Gasteiger partial charge in [0.2, 0.25) is 0 Å². The molecule has 0 fully saturated rings. The van der Waals surface area contributed by atoms with Crippen LogP contribution in [0.2, 0.25) is 5.02 Å². The van der Waals surface area contributed by atoms with Crippen LogP contribution in [0.3, 0.4) is 0 Å². The van der Waals surface area contributed by atoms with Crippen LogP contribution in [0, 0.1) is 0 Å². The maximum Gasteiger partial charge on any atom is 0.318 e. The Morgan fingerprint density at radius 3 is 3.00 bits per heavy atom. The van der Waals surface area contributed by atoms with Crippen molar-refractivity contribution in [1.29, 1.82) is 0 Å². The molecule has 0 atom stereocenters. The van der Waals surface area contributed by atoms with Crippen LogP contribution >= 0.6 is 11.6 Å². The Kier molecular flexibility index (Phi) is 5.84. The number of aliphatic hydroxyl groups excluding tert-OH is 1. The van der Waals surface area contributed by atoms with Gasteiger partial charge in [-0.05, 0) is 0 Å². The first-order chi connectivity index (χ1) is 7.77. The van der Waals surface area contributed by atoms with Crippen molar-refractivity contribution in [2.24, 2.45) is 0 Å². The number of aliphatic hydroxyl groups is 1. The largest absolute Gasteiger partial charge is 0.467 e. The summed E-state index contributed by atoms with van der Waals surface area (Å²) in [6, 6.07) is 0.253. The molecule has 0 radical (unpaired) electrons. The summed E-state index contributed by atoms with van der Waals surface area (Å²) in [7, 11) is 1.48. The smallest absolute Gasteiger partial charge is 0.318 e. The first kappa shape index (κ1) is 13.0. The van der Waals surface area contributed by atoms with Gasteiger partial charge >= 0.3 is 6.01 Å². The monoisotopic (exact) mass is 247 g/mol. The van der Waals surface area contributed by atoms with E-state index in [0.29, 0.717) is 30.6 Å². The summed E-state index contributed by atoms with van der Waals surface area (Å²) in [4.78, 5) is 7.87. The van der Waals surface area contributed by atoms with Crippen LogP contribution in [0.1, 0.15) is 0 Å². The van der Waals surface area contributed by atoms with Gasteiger partial charge in [-0.3, -0.25) is 0 Å². The van der Waals surface area contributed by atoms with Gasteiger partial charge in [0, 0.05) is 6.54 Å². The molecule has 0 saturated carbocycles. The maximum absolute atomic E-state index is 8.49. The number of rotatable bonds is 7. The molecule has 0 aromatic carbocycles. The summed E-state index contributed by atoms with van der Waals surface area (Å²) in [5.41, 5.74) is 0. The number of nitrogens with one attached hydrogen (secondary N) is 1. The summed E-state index contributed by atoms with van der Waals surface area (Å²) < 4.78 is 9.94. The van der Waals surface area contributed by atoms with Crippen molar-refractivity contribution < 1.29 is 14.6 Å². The van der Waals surface area contributed by atoms with Gasteiger partial charge in [-0.15, -0.1) is 0 Å². The number of hydrogen-bond acceptors (Lipinski definition) is 6. The number of ether oxygens (including phenoxy) is 2. The fraction of sp³-hybridized carbons (Fsp3) is 0.556. The molecule has 2 N–H and O–H groups in total. The lowest BCUT2D eigenvalue weighted by atomic mass is 10.5. The Balaban J connectivity index is 2.40. The number of nitrogens with zero attached hydrogens (tertiary/aromatic N) is 2. The van der Waals surface area contributed by atoms with E-state index >= 15 is 0 Å². The Morgan fingerprint density at radius 1 is 1.50 bits per heavy atom. The van der Waals surface area contributed by atoms with Crippen molar-refractivity contribution in [3.8, 4) is 6.01 Å². The van der Waals surface area contributed by atoms with Crippen molar-refractivity contribution in [3.63, 3.8) is 0 Å². The first-order valence-electron chi connectivity index (χ1n) is 4.77. The minimum atomic E-state index is 0.0160. The number of methoxy groups -OCH3 is 1. The molecule has 0 bridgehead atoms. The molecule has 1 aromatic rings. The normalized spacial score (nSPS) is 10.2. The molecule has 7 heteroatoms. The Labute approximate surface area is 98.6 Å². The van der Waals surface area contributed by atoms with Crippen molar-refractivity contribution in [3.05, 3.63) is 11.2 Å². The lowest BCUT2D eigenvalue weighted by Crippen LogP contribution is -2.12. The van der Waals surface area contributed by atoms with Gasteiger partial charge < -0.3 is 19.9 Å². The van der Waals surface area contributed by atoms with Crippen LogP contribution in [0.25, 0.3) is 0 Å². The molecule has 6 nitrogen and oxygen atoms in total. The molecule has 1 heterocycles. The second-order valence-electron chi connectivity index (χ2n) is 2.82. The highest BCUT2D eigenvalue weighted by Crippen LogP contribution is 2.19. The maximum atomic E-state index is 8.49. The Bertz CT molecular complexity index is 325. The molecule has 0 unspecified atom stereocenters. The molecule has 1 aromatic heterocycles. The van der Waals surface area contributed by atoms with Crippen LogP contribution in [-0.4, -0.2) is 48.5 Å². The van der Waals surface area contributed by atoms with Gasteiger partial charge in [-0.2, -0.15) is 4.98 Å². The van der Waals surface area contributed by atoms with E-state index in [1.54, 1.807) is 0 Å². The molecule has 16 heavy (non-hydrogen) atoms. The van der Waals surface area contributed by atoms with Gasteiger partial charge in [-0.1, -0.05) is 11.6 Å². The van der Waals surface area contributed by atoms with Crippen LogP contribution in [0.5, 0.6) is 6.01 Å². The van der Waals surface area contributed by atoms with Gasteiger partial charge in [0.15, 0.2) is 5.82 Å². The highest BCUT2D eigenvalue weighted by molar-refractivity contribution is 6.32. The van der Waals surface area contributed by atoms with Gasteiger partial charge in [0.25, 0.3) is 0 Å². The lowest BCUT2D eigenvalue weighted by molar-refractivity contribution is 0.0992. The van der Waals surface area contributed by atoms with Crippen molar-refractivity contribution in [1.82, 2.24) is 9.97 Å². The number of aromatic nitrogens is 2. The average molecular weight is 248 g/mol. The summed E-state index contributed by atoms with van der Waals surface area (Å²) in [6.45, 7) is 1.34. The Hall–Kier alpha value is -1.11. The molecule has 0 aliphatic heterocycles. The summed E-state index contributed by atoms with van der Waals surface area (Å²) in [5, 5.41) is 11.9. The lowest BCUT2D eigenvalue weighted by Gasteiger charge is -2.08. The van der Waals surface area contributed by atoms with Crippen LogP contribution in [0.4, 0.5) is 5.82 Å². The predicted octanol–water partition coefficient (Wildman–Crippen LogP) is 0.559. The van der Waals surface area contributed by atoms with E-state index in [1.165, 1.54) is 13.3 Å². The minimum Gasteiger partial charge on any atom is -0.467 e. The highest BCUT2D eigenvalue weighted by atomic mass is 35.5. The van der Waals surface area contributed by atoms with E-state index in [4.69, 9.17) is 26.2 Å². The molecule has 0 aliphatic rings. The molecular weight excluding hydrogens is 234 g/mol. The fourth-order valence-electron chi connectivity index (χ4n) is 0.981. The molecule has 1 rings (SSSR count). The van der Waals surface area contributed by atoms with E-state index < -0.39 is 0 Å². The zero-order valence-corrected chi connectivity index (χ0v) is 9.70. The third-order valence-corrected chi connectivity index (χ3v) is 1.96. The van der Waals surface area contributed by atoms with E-state index in [2.05, 4.69) is 15.3 Å². The van der Waals surface area contributed by atoms with E-state index in [1.807, 2.05) is 0 Å². The summed E-state index contributed by atoms with van der Waals surface area (Å²) >= 11 is 5.87. The third-order valence-electron chi connectivity index (χ3n) is 1.68. The van der Waals surface area contributed by atoms with Crippen LogP contribution < -0.4 is 10.1 Å². The van der Waals surface area contributed by atoms with Crippen LogP contribution in [-0.2, 0) is 4.74 Å². The van der Waals surface area contributed by atoms with Crippen molar-refractivity contribution >= 4 is 17.4 Å². The zero-order valence-electron chi connectivity index (χ0n) is 8.94. The van der Waals surface area contributed by atoms with E-state index in [9.17, 15) is 0 Å². The SMILES string of the molecule is COc1ncc(Cl)c(NCCOCCO)n1. The third kappa shape index (κ3) is 4.18. The quantitative estimate of drug-likeness (QED) is 0.686. The van der Waals surface area contributed by atoms with E-state index in [0.717, 1.165) is 0 Å². The molecule has 0 amide bonds. The van der Waals surface area contributed by atoms with Gasteiger partial charge in [0.05, 0.1) is 33.1 Å². The molecule has 0 spiro atoms. The number of hydrogen-bond donors (Lipinski definition) is 2. The van der Waals surface area contributed by atoms with E-state index in [-0.39, 0.29) is 12.6 Å². The van der Waals surface area contributed by atoms with Crippen molar-refractivity contribution in [2.75, 3.05) is 38.8 Å². The number of halogens is 1. The van der Waals surface area contributed by atoms with Crippen molar-refractivity contribution in [2.45, 2.75) is 0 Å². The highest BCUT2D eigenvalue weighted by Gasteiger charge is 2.04. The number of anilines is 1. The summed E-state index contributed by atoms with van der Waals surface area (Å²) in [6.07, 6.45) is 1.46. The fourth-order valence-corrected chi connectivity index (χ4v) is 1.14. The van der Waals surface area contributed by atoms with Gasteiger partial charge in [0.1, 0.15) is 5.02 Å². The molecule has 90 valence electrons. The second kappa shape index (κ2) is 7.21. The predicted molar refractivity (Wildman–Crippen MR) is 60.0 cm³/mol. The second-order valence-corrected chi connectivity index (χ2v) is 3.22. The van der Waals surface area contributed by atoms with Crippen LogP contribution in [0.15, 0.2) is 6.20 Å². The summed E-state index contributed by atoms with van der Waals surface area (Å²) in [5.74, 6) is 0.501. The molecule has 0 saturated heterocycles. The Morgan fingerprint density at radius 2 is 2.31 bits per heavy atom. The molecular formula is C9H14ClN3O3. The minimum absolute atomic E-state index is 0.0160. The standard InChI is InChI=1S/C9H14ClN3O3/c1-15-9-12-6-7(10)8(13-9)11-2-4-16-5-3-14/h6,14H,2-5H2,1H3,(H,11,12,13).